The summed E-state index contributed by atoms with van der Waals surface area (Å²) in [6.45, 7) is 0. The lowest BCUT2D eigenvalue weighted by atomic mass is 9.98. The third kappa shape index (κ3) is 1.99. The largest absolute Gasteiger partial charge is 0.126 e. The van der Waals surface area contributed by atoms with E-state index in [9.17, 15) is 0 Å². The molecule has 0 spiro atoms. The molecule has 82 valence electrons. The lowest BCUT2D eigenvalue weighted by molar-refractivity contribution is 0.475. The summed E-state index contributed by atoms with van der Waals surface area (Å²) in [5.41, 5.74) is 0. The Labute approximate surface area is 112 Å². The van der Waals surface area contributed by atoms with E-state index in [0.29, 0.717) is 5.92 Å². The van der Waals surface area contributed by atoms with Crippen molar-refractivity contribution in [2.24, 2.45) is 17.8 Å². The molecule has 1 heterocycles. The Balaban J connectivity index is 1.76. The second-order valence-corrected chi connectivity index (χ2v) is 7.67. The fraction of sp³-hybridized carbons (Fsp3) is 0.636. The highest BCUT2D eigenvalue weighted by atomic mass is 79.9. The van der Waals surface area contributed by atoms with Crippen molar-refractivity contribution in [2.75, 3.05) is 0 Å². The van der Waals surface area contributed by atoms with E-state index in [1.807, 2.05) is 0 Å². The van der Waals surface area contributed by atoms with Crippen LogP contribution in [0, 0.1) is 17.8 Å². The van der Waals surface area contributed by atoms with Gasteiger partial charge in [0.25, 0.3) is 0 Å². The standard InChI is InChI=1S/C11H11BrCl2S/c12-8-4-9(15-11(8)14)10(13)7-2-5-1-6(5)3-7/h4-7,10H,1-3H2. The molecule has 3 unspecified atom stereocenters. The van der Waals surface area contributed by atoms with Crippen LogP contribution in [-0.2, 0) is 0 Å². The first-order valence-corrected chi connectivity index (χ1v) is 7.66. The van der Waals surface area contributed by atoms with Gasteiger partial charge in [-0.15, -0.1) is 22.9 Å². The zero-order valence-electron chi connectivity index (χ0n) is 8.05. The van der Waals surface area contributed by atoms with Gasteiger partial charge < -0.3 is 0 Å². The Morgan fingerprint density at radius 1 is 1.33 bits per heavy atom. The molecule has 15 heavy (non-hydrogen) atoms. The molecule has 0 N–H and O–H groups in total. The molecule has 1 aromatic heterocycles. The summed E-state index contributed by atoms with van der Waals surface area (Å²) in [7, 11) is 0. The molecule has 0 bridgehead atoms. The second kappa shape index (κ2) is 3.90. The molecule has 2 aliphatic carbocycles. The predicted molar refractivity (Wildman–Crippen MR) is 69.9 cm³/mol. The number of hydrogen-bond donors (Lipinski definition) is 0. The lowest BCUT2D eigenvalue weighted by Crippen LogP contribution is -2.04. The molecule has 2 fully saturated rings. The highest BCUT2D eigenvalue weighted by Crippen LogP contribution is 2.59. The molecule has 3 rings (SSSR count). The van der Waals surface area contributed by atoms with Gasteiger partial charge in [0.05, 0.1) is 5.38 Å². The maximum atomic E-state index is 6.51. The van der Waals surface area contributed by atoms with Crippen molar-refractivity contribution in [3.8, 4) is 0 Å². The number of alkyl halides is 1. The Morgan fingerprint density at radius 3 is 2.53 bits per heavy atom. The maximum Gasteiger partial charge on any atom is 0.107 e. The van der Waals surface area contributed by atoms with Crippen LogP contribution in [0.1, 0.15) is 29.5 Å². The van der Waals surface area contributed by atoms with E-state index in [0.717, 1.165) is 20.6 Å². The van der Waals surface area contributed by atoms with Gasteiger partial charge in [-0.1, -0.05) is 11.6 Å². The van der Waals surface area contributed by atoms with E-state index in [2.05, 4.69) is 22.0 Å². The normalized spacial score (nSPS) is 35.3. The average molecular weight is 326 g/mol. The smallest absolute Gasteiger partial charge is 0.107 e. The van der Waals surface area contributed by atoms with Crippen LogP contribution in [0.5, 0.6) is 0 Å². The second-order valence-electron chi connectivity index (χ2n) is 4.66. The van der Waals surface area contributed by atoms with Crippen molar-refractivity contribution < 1.29 is 0 Å². The van der Waals surface area contributed by atoms with Crippen LogP contribution in [0.15, 0.2) is 10.5 Å². The molecule has 0 amide bonds. The summed E-state index contributed by atoms with van der Waals surface area (Å²) in [6.07, 6.45) is 4.10. The topological polar surface area (TPSA) is 0 Å². The zero-order valence-corrected chi connectivity index (χ0v) is 12.0. The summed E-state index contributed by atoms with van der Waals surface area (Å²) in [6, 6.07) is 2.08. The van der Waals surface area contributed by atoms with E-state index in [1.54, 1.807) is 11.3 Å². The third-order valence-electron chi connectivity index (χ3n) is 3.63. The van der Waals surface area contributed by atoms with Crippen LogP contribution in [-0.4, -0.2) is 0 Å². The molecule has 0 radical (unpaired) electrons. The zero-order chi connectivity index (χ0) is 10.6. The molecular weight excluding hydrogens is 315 g/mol. The van der Waals surface area contributed by atoms with Crippen molar-refractivity contribution in [2.45, 2.75) is 24.6 Å². The van der Waals surface area contributed by atoms with Gasteiger partial charge in [0, 0.05) is 9.35 Å². The van der Waals surface area contributed by atoms with Crippen LogP contribution in [0.2, 0.25) is 4.34 Å². The first kappa shape index (κ1) is 10.9. The van der Waals surface area contributed by atoms with E-state index < -0.39 is 0 Å². The Morgan fingerprint density at radius 2 is 2.00 bits per heavy atom. The Bertz CT molecular complexity index is 360. The SMILES string of the molecule is Clc1sc(C(Cl)C2CC3CC3C2)cc1Br. The molecule has 0 aromatic carbocycles. The summed E-state index contributed by atoms with van der Waals surface area (Å²) in [5, 5.41) is 0.173. The maximum absolute atomic E-state index is 6.51. The van der Waals surface area contributed by atoms with Crippen molar-refractivity contribution >= 4 is 50.5 Å². The summed E-state index contributed by atoms with van der Waals surface area (Å²) < 4.78 is 1.80. The van der Waals surface area contributed by atoms with E-state index in [-0.39, 0.29) is 5.38 Å². The monoisotopic (exact) mass is 324 g/mol. The van der Waals surface area contributed by atoms with Gasteiger partial charge in [0.15, 0.2) is 0 Å². The Kier molecular flexibility index (Phi) is 2.83. The molecule has 0 nitrogen and oxygen atoms in total. The number of hydrogen-bond acceptors (Lipinski definition) is 1. The molecule has 2 saturated carbocycles. The van der Waals surface area contributed by atoms with Crippen LogP contribution in [0.25, 0.3) is 0 Å². The van der Waals surface area contributed by atoms with Gasteiger partial charge in [-0.05, 0) is 59.0 Å². The number of halogens is 3. The minimum Gasteiger partial charge on any atom is -0.126 e. The van der Waals surface area contributed by atoms with Crippen LogP contribution in [0.4, 0.5) is 0 Å². The van der Waals surface area contributed by atoms with Crippen molar-refractivity contribution in [1.29, 1.82) is 0 Å². The quantitative estimate of drug-likeness (QED) is 0.631. The van der Waals surface area contributed by atoms with Gasteiger partial charge in [0.2, 0.25) is 0 Å². The van der Waals surface area contributed by atoms with E-state index in [4.69, 9.17) is 23.2 Å². The van der Waals surface area contributed by atoms with Gasteiger partial charge in [-0.25, -0.2) is 0 Å². The number of thiophene rings is 1. The lowest BCUT2D eigenvalue weighted by Gasteiger charge is -2.16. The van der Waals surface area contributed by atoms with Crippen molar-refractivity contribution in [3.05, 3.63) is 19.8 Å². The molecule has 3 atom stereocenters. The van der Waals surface area contributed by atoms with Crippen molar-refractivity contribution in [3.63, 3.8) is 0 Å². The molecule has 1 aromatic rings. The Hall–Kier alpha value is 0.760. The van der Waals surface area contributed by atoms with Gasteiger partial charge in [-0.3, -0.25) is 0 Å². The molecular formula is C11H11BrCl2S. The summed E-state index contributed by atoms with van der Waals surface area (Å²) >= 11 is 17.6. The first-order chi connectivity index (χ1) is 7.15. The molecule has 0 saturated heterocycles. The highest BCUT2D eigenvalue weighted by Gasteiger charge is 2.48. The predicted octanol–water partition coefficient (Wildman–Crippen LogP) is 5.49. The van der Waals surface area contributed by atoms with E-state index in [1.165, 1.54) is 24.1 Å². The number of fused-ring (bicyclic) bond motifs is 1. The van der Waals surface area contributed by atoms with Crippen molar-refractivity contribution in [1.82, 2.24) is 0 Å². The van der Waals surface area contributed by atoms with Crippen LogP contribution < -0.4 is 0 Å². The molecule has 0 aliphatic heterocycles. The highest BCUT2D eigenvalue weighted by molar-refractivity contribution is 9.10. The minimum absolute atomic E-state index is 0.173. The average Bonchev–Trinajstić information content (AvgIpc) is 2.66. The van der Waals surface area contributed by atoms with Crippen LogP contribution >= 0.6 is 50.5 Å². The summed E-state index contributed by atoms with van der Waals surface area (Å²) in [4.78, 5) is 1.22. The van der Waals surface area contributed by atoms with Gasteiger partial charge >= 0.3 is 0 Å². The first-order valence-electron chi connectivity index (χ1n) is 5.24. The molecule has 4 heteroatoms. The minimum atomic E-state index is 0.173. The van der Waals surface area contributed by atoms with Gasteiger partial charge in [0.1, 0.15) is 4.34 Å². The van der Waals surface area contributed by atoms with Gasteiger partial charge in [-0.2, -0.15) is 0 Å². The molecule has 2 aliphatic rings. The number of rotatable bonds is 2. The fourth-order valence-electron chi connectivity index (χ4n) is 2.73. The summed E-state index contributed by atoms with van der Waals surface area (Å²) in [5.74, 6) is 2.67. The van der Waals surface area contributed by atoms with E-state index >= 15 is 0 Å². The third-order valence-corrected chi connectivity index (χ3v) is 6.91. The fourth-order valence-corrected chi connectivity index (χ4v) is 4.94. The van der Waals surface area contributed by atoms with Crippen LogP contribution in [0.3, 0.4) is 0 Å².